The SMILES string of the molecule is CC1OCCC1S(=O)(=O)CCNc1ccccc1Cl. The van der Waals surface area contributed by atoms with E-state index in [1.807, 2.05) is 25.1 Å². The quantitative estimate of drug-likeness (QED) is 0.907. The Morgan fingerprint density at radius 3 is 2.79 bits per heavy atom. The van der Waals surface area contributed by atoms with Crippen LogP contribution in [0.3, 0.4) is 0 Å². The molecule has 0 spiro atoms. The lowest BCUT2D eigenvalue weighted by molar-refractivity contribution is 0.126. The van der Waals surface area contributed by atoms with Gasteiger partial charge in [-0.3, -0.25) is 0 Å². The molecule has 1 heterocycles. The van der Waals surface area contributed by atoms with Crippen molar-refractivity contribution in [3.05, 3.63) is 29.3 Å². The van der Waals surface area contributed by atoms with Gasteiger partial charge >= 0.3 is 0 Å². The Morgan fingerprint density at radius 1 is 1.42 bits per heavy atom. The van der Waals surface area contributed by atoms with Crippen LogP contribution in [0.15, 0.2) is 24.3 Å². The summed E-state index contributed by atoms with van der Waals surface area (Å²) >= 11 is 5.99. The van der Waals surface area contributed by atoms with Crippen LogP contribution in [0.5, 0.6) is 0 Å². The second-order valence-electron chi connectivity index (χ2n) is 4.68. The zero-order chi connectivity index (χ0) is 13.9. The number of halogens is 1. The monoisotopic (exact) mass is 303 g/mol. The van der Waals surface area contributed by atoms with E-state index in [0.29, 0.717) is 24.6 Å². The highest BCUT2D eigenvalue weighted by Gasteiger charge is 2.35. The normalized spacial score (nSPS) is 23.5. The van der Waals surface area contributed by atoms with Gasteiger partial charge in [0.1, 0.15) is 0 Å². The van der Waals surface area contributed by atoms with E-state index in [4.69, 9.17) is 16.3 Å². The van der Waals surface area contributed by atoms with Crippen LogP contribution in [0.4, 0.5) is 5.69 Å². The van der Waals surface area contributed by atoms with Gasteiger partial charge in [0.25, 0.3) is 0 Å². The number of hydrogen-bond acceptors (Lipinski definition) is 4. The van der Waals surface area contributed by atoms with Crippen molar-refractivity contribution in [2.24, 2.45) is 0 Å². The van der Waals surface area contributed by atoms with Crippen LogP contribution >= 0.6 is 11.6 Å². The first-order chi connectivity index (χ1) is 9.00. The predicted molar refractivity (Wildman–Crippen MR) is 77.5 cm³/mol. The Hall–Kier alpha value is -0.780. The third-order valence-corrected chi connectivity index (χ3v) is 5.99. The Morgan fingerprint density at radius 2 is 2.16 bits per heavy atom. The van der Waals surface area contributed by atoms with Gasteiger partial charge in [0.05, 0.1) is 27.8 Å². The molecular weight excluding hydrogens is 286 g/mol. The zero-order valence-corrected chi connectivity index (χ0v) is 12.4. The second kappa shape index (κ2) is 6.11. The predicted octanol–water partition coefficient (Wildman–Crippen LogP) is 2.34. The average molecular weight is 304 g/mol. The first-order valence-electron chi connectivity index (χ1n) is 6.32. The van der Waals surface area contributed by atoms with E-state index < -0.39 is 9.84 Å². The Bertz CT molecular complexity index is 532. The van der Waals surface area contributed by atoms with Gasteiger partial charge < -0.3 is 10.1 Å². The molecule has 1 saturated heterocycles. The van der Waals surface area contributed by atoms with Crippen LogP contribution in [0.2, 0.25) is 5.02 Å². The smallest absolute Gasteiger partial charge is 0.157 e. The summed E-state index contributed by atoms with van der Waals surface area (Å²) in [5.41, 5.74) is 0.759. The van der Waals surface area contributed by atoms with Crippen LogP contribution < -0.4 is 5.32 Å². The molecule has 0 amide bonds. The van der Waals surface area contributed by atoms with Crippen molar-refractivity contribution in [1.29, 1.82) is 0 Å². The van der Waals surface area contributed by atoms with Crippen molar-refractivity contribution in [1.82, 2.24) is 0 Å². The third kappa shape index (κ3) is 3.61. The molecule has 106 valence electrons. The van der Waals surface area contributed by atoms with Gasteiger partial charge in [-0.25, -0.2) is 8.42 Å². The lowest BCUT2D eigenvalue weighted by atomic mass is 10.3. The number of sulfone groups is 1. The van der Waals surface area contributed by atoms with Crippen LogP contribution in [-0.4, -0.2) is 38.7 Å². The number of hydrogen-bond donors (Lipinski definition) is 1. The summed E-state index contributed by atoms with van der Waals surface area (Å²) in [4.78, 5) is 0. The molecule has 1 aliphatic heterocycles. The van der Waals surface area contributed by atoms with Crippen LogP contribution in [0.1, 0.15) is 13.3 Å². The van der Waals surface area contributed by atoms with Crippen molar-refractivity contribution >= 4 is 27.1 Å². The van der Waals surface area contributed by atoms with E-state index in [1.54, 1.807) is 6.07 Å². The molecule has 1 aromatic rings. The summed E-state index contributed by atoms with van der Waals surface area (Å²) in [5, 5.41) is 3.28. The number of ether oxygens (including phenoxy) is 1. The van der Waals surface area contributed by atoms with E-state index in [2.05, 4.69) is 5.32 Å². The first kappa shape index (κ1) is 14.6. The molecule has 1 fully saturated rings. The average Bonchev–Trinajstić information content (AvgIpc) is 2.79. The maximum atomic E-state index is 12.2. The van der Waals surface area contributed by atoms with E-state index in [-0.39, 0.29) is 17.1 Å². The van der Waals surface area contributed by atoms with Crippen LogP contribution in [0.25, 0.3) is 0 Å². The van der Waals surface area contributed by atoms with Gasteiger partial charge in [0.2, 0.25) is 0 Å². The number of benzene rings is 1. The van der Waals surface area contributed by atoms with Gasteiger partial charge in [-0.15, -0.1) is 0 Å². The van der Waals surface area contributed by atoms with E-state index in [0.717, 1.165) is 5.69 Å². The maximum Gasteiger partial charge on any atom is 0.157 e. The van der Waals surface area contributed by atoms with Gasteiger partial charge in [-0.05, 0) is 25.5 Å². The summed E-state index contributed by atoms with van der Waals surface area (Å²) in [5.74, 6) is 0.0938. The molecule has 0 radical (unpaired) electrons. The highest BCUT2D eigenvalue weighted by molar-refractivity contribution is 7.92. The summed E-state index contributed by atoms with van der Waals surface area (Å²) in [6, 6.07) is 7.29. The number of rotatable bonds is 5. The second-order valence-corrected chi connectivity index (χ2v) is 7.42. The Kier molecular flexibility index (Phi) is 4.71. The standard InChI is InChI=1S/C13H18ClNO3S/c1-10-13(6-8-18-10)19(16,17)9-7-15-12-5-3-2-4-11(12)14/h2-5,10,13,15H,6-9H2,1H3. The van der Waals surface area contributed by atoms with Crippen LogP contribution in [-0.2, 0) is 14.6 Å². The molecule has 1 aromatic carbocycles. The lowest BCUT2D eigenvalue weighted by Gasteiger charge is -2.15. The fourth-order valence-corrected chi connectivity index (χ4v) is 4.28. The lowest BCUT2D eigenvalue weighted by Crippen LogP contribution is -2.32. The topological polar surface area (TPSA) is 55.4 Å². The van der Waals surface area contributed by atoms with Crippen molar-refractivity contribution in [2.75, 3.05) is 24.2 Å². The van der Waals surface area contributed by atoms with E-state index >= 15 is 0 Å². The molecule has 2 atom stereocenters. The van der Waals surface area contributed by atoms with Crippen molar-refractivity contribution in [3.8, 4) is 0 Å². The molecular formula is C13H18ClNO3S. The minimum Gasteiger partial charge on any atom is -0.383 e. The highest BCUT2D eigenvalue weighted by atomic mass is 35.5. The van der Waals surface area contributed by atoms with E-state index in [1.165, 1.54) is 0 Å². The number of nitrogens with one attached hydrogen (secondary N) is 1. The summed E-state index contributed by atoms with van der Waals surface area (Å²) < 4.78 is 29.6. The minimum atomic E-state index is -3.12. The maximum absolute atomic E-state index is 12.2. The zero-order valence-electron chi connectivity index (χ0n) is 10.8. The molecule has 0 bridgehead atoms. The molecule has 6 heteroatoms. The van der Waals surface area contributed by atoms with Gasteiger partial charge in [-0.1, -0.05) is 23.7 Å². The molecule has 1 aliphatic rings. The summed E-state index contributed by atoms with van der Waals surface area (Å²) in [7, 11) is -3.12. The van der Waals surface area contributed by atoms with Gasteiger partial charge in [-0.2, -0.15) is 0 Å². The molecule has 2 rings (SSSR count). The molecule has 2 unspecified atom stereocenters. The fraction of sp³-hybridized carbons (Fsp3) is 0.538. The molecule has 0 aromatic heterocycles. The first-order valence-corrected chi connectivity index (χ1v) is 8.41. The Balaban J connectivity index is 1.90. The molecule has 0 saturated carbocycles. The Labute approximate surface area is 119 Å². The fourth-order valence-electron chi connectivity index (χ4n) is 2.27. The summed E-state index contributed by atoms with van der Waals surface area (Å²) in [6.07, 6.45) is 0.389. The van der Waals surface area contributed by atoms with Crippen molar-refractivity contribution < 1.29 is 13.2 Å². The number of para-hydroxylation sites is 1. The summed E-state index contributed by atoms with van der Waals surface area (Å²) in [6.45, 7) is 2.70. The van der Waals surface area contributed by atoms with Gasteiger partial charge in [0.15, 0.2) is 9.84 Å². The minimum absolute atomic E-state index is 0.0938. The number of anilines is 1. The highest BCUT2D eigenvalue weighted by Crippen LogP contribution is 2.23. The third-order valence-electron chi connectivity index (χ3n) is 3.34. The van der Waals surface area contributed by atoms with Crippen molar-refractivity contribution in [3.63, 3.8) is 0 Å². The van der Waals surface area contributed by atoms with Crippen molar-refractivity contribution in [2.45, 2.75) is 24.7 Å². The van der Waals surface area contributed by atoms with Crippen LogP contribution in [0, 0.1) is 0 Å². The largest absolute Gasteiger partial charge is 0.383 e. The molecule has 1 N–H and O–H groups in total. The van der Waals surface area contributed by atoms with E-state index in [9.17, 15) is 8.42 Å². The van der Waals surface area contributed by atoms with Gasteiger partial charge in [0, 0.05) is 13.2 Å². The molecule has 4 nitrogen and oxygen atoms in total. The molecule has 0 aliphatic carbocycles. The molecule has 19 heavy (non-hydrogen) atoms.